The first kappa shape index (κ1) is 12.2. The lowest BCUT2D eigenvalue weighted by Crippen LogP contribution is -2.04. The van der Waals surface area contributed by atoms with Crippen LogP contribution in [0.15, 0.2) is 12.2 Å². The summed E-state index contributed by atoms with van der Waals surface area (Å²) in [5.74, 6) is 0.758. The Kier molecular flexibility index (Phi) is 6.29. The molecule has 0 aromatic rings. The van der Waals surface area contributed by atoms with Gasteiger partial charge in [-0.2, -0.15) is 0 Å². The van der Waals surface area contributed by atoms with Crippen LogP contribution in [0.1, 0.15) is 34.1 Å². The first-order valence-corrected chi connectivity index (χ1v) is 4.87. The minimum absolute atomic E-state index is 0.227. The predicted octanol–water partition coefficient (Wildman–Crippen LogP) is 2.79. The Morgan fingerprint density at radius 1 is 1.31 bits per heavy atom. The van der Waals surface area contributed by atoms with Crippen molar-refractivity contribution in [1.29, 1.82) is 0 Å². The van der Waals surface area contributed by atoms with E-state index in [9.17, 15) is 4.79 Å². The summed E-state index contributed by atoms with van der Waals surface area (Å²) in [6.07, 6.45) is 4.28. The molecule has 0 spiro atoms. The highest BCUT2D eigenvalue weighted by molar-refractivity contribution is 5.81. The van der Waals surface area contributed by atoms with E-state index in [2.05, 4.69) is 13.8 Å². The highest BCUT2D eigenvalue weighted by Gasteiger charge is 1.98. The second-order valence-electron chi connectivity index (χ2n) is 3.95. The second-order valence-corrected chi connectivity index (χ2v) is 3.95. The maximum atomic E-state index is 11.0. The average Bonchev–Trinajstić information content (AvgIpc) is 2.00. The van der Waals surface area contributed by atoms with Gasteiger partial charge in [-0.1, -0.05) is 33.8 Å². The lowest BCUT2D eigenvalue weighted by molar-refractivity contribution is -0.138. The third kappa shape index (κ3) is 9.12. The van der Waals surface area contributed by atoms with E-state index in [0.29, 0.717) is 18.4 Å². The van der Waals surface area contributed by atoms with Gasteiger partial charge in [0.15, 0.2) is 0 Å². The molecule has 0 unspecified atom stereocenters. The van der Waals surface area contributed by atoms with E-state index in [0.717, 1.165) is 6.42 Å². The summed E-state index contributed by atoms with van der Waals surface area (Å²) in [6.45, 7) is 8.80. The molecule has 2 nitrogen and oxygen atoms in total. The number of hydrogen-bond donors (Lipinski definition) is 0. The molecule has 0 aliphatic rings. The van der Waals surface area contributed by atoms with Gasteiger partial charge in [0.05, 0.1) is 6.61 Å². The van der Waals surface area contributed by atoms with E-state index in [1.807, 2.05) is 19.9 Å². The molecule has 0 heterocycles. The Labute approximate surface area is 81.0 Å². The molecule has 0 aromatic heterocycles. The lowest BCUT2D eigenvalue weighted by Gasteiger charge is -2.04. The maximum Gasteiger partial charge on any atom is 0.330 e. The minimum Gasteiger partial charge on any atom is -0.463 e. The van der Waals surface area contributed by atoms with Crippen LogP contribution >= 0.6 is 0 Å². The zero-order chi connectivity index (χ0) is 10.3. The van der Waals surface area contributed by atoms with E-state index >= 15 is 0 Å². The largest absolute Gasteiger partial charge is 0.463 e. The molecule has 2 heteroatoms. The van der Waals surface area contributed by atoms with E-state index in [1.54, 1.807) is 0 Å². The van der Waals surface area contributed by atoms with Crippen LogP contribution in [-0.2, 0) is 9.53 Å². The fraction of sp³-hybridized carbons (Fsp3) is 0.727. The molecule has 0 amide bonds. The molecule has 0 aliphatic carbocycles. The molecule has 0 aliphatic heterocycles. The van der Waals surface area contributed by atoms with Crippen molar-refractivity contribution >= 4 is 5.97 Å². The van der Waals surface area contributed by atoms with Gasteiger partial charge < -0.3 is 4.74 Å². The summed E-state index contributed by atoms with van der Waals surface area (Å²) in [6, 6.07) is 0. The number of ether oxygens (including phenoxy) is 1. The normalized spacial score (nSPS) is 11.5. The Balaban J connectivity index is 3.52. The quantitative estimate of drug-likeness (QED) is 0.485. The molecular weight excluding hydrogens is 164 g/mol. The number of hydrogen-bond acceptors (Lipinski definition) is 2. The van der Waals surface area contributed by atoms with Crippen molar-refractivity contribution in [1.82, 2.24) is 0 Å². The van der Waals surface area contributed by atoms with Crippen LogP contribution in [0.3, 0.4) is 0 Å². The van der Waals surface area contributed by atoms with Crippen molar-refractivity contribution in [2.75, 3.05) is 6.61 Å². The molecule has 0 N–H and O–H groups in total. The van der Waals surface area contributed by atoms with E-state index < -0.39 is 0 Å². The van der Waals surface area contributed by atoms with E-state index in [4.69, 9.17) is 4.74 Å². The van der Waals surface area contributed by atoms with Crippen molar-refractivity contribution in [3.05, 3.63) is 12.2 Å². The Morgan fingerprint density at radius 3 is 2.38 bits per heavy atom. The predicted molar refractivity (Wildman–Crippen MR) is 54.4 cm³/mol. The topological polar surface area (TPSA) is 26.3 Å². The van der Waals surface area contributed by atoms with Crippen LogP contribution in [0.5, 0.6) is 0 Å². The zero-order valence-corrected chi connectivity index (χ0v) is 9.04. The first-order chi connectivity index (χ1) is 6.02. The number of carbonyl (C=O) groups excluding carboxylic acids is 1. The molecule has 0 aromatic carbocycles. The number of allylic oxidation sites excluding steroid dienone is 1. The average molecular weight is 184 g/mol. The van der Waals surface area contributed by atoms with E-state index in [-0.39, 0.29) is 5.97 Å². The van der Waals surface area contributed by atoms with Crippen molar-refractivity contribution in [3.8, 4) is 0 Å². The second kappa shape index (κ2) is 6.70. The molecule has 0 rings (SSSR count). The summed E-state index contributed by atoms with van der Waals surface area (Å²) in [7, 11) is 0. The Hall–Kier alpha value is -0.790. The Morgan fingerprint density at radius 2 is 1.92 bits per heavy atom. The first-order valence-electron chi connectivity index (χ1n) is 4.87. The van der Waals surface area contributed by atoms with Gasteiger partial charge in [-0.05, 0) is 18.3 Å². The van der Waals surface area contributed by atoms with Gasteiger partial charge in [0.2, 0.25) is 0 Å². The summed E-state index contributed by atoms with van der Waals surface area (Å²) in [5, 5.41) is 0. The van der Waals surface area contributed by atoms with Crippen LogP contribution in [-0.4, -0.2) is 12.6 Å². The van der Waals surface area contributed by atoms with Crippen LogP contribution < -0.4 is 0 Å². The third-order valence-corrected chi connectivity index (χ3v) is 1.56. The molecule has 76 valence electrons. The summed E-state index contributed by atoms with van der Waals surface area (Å²) < 4.78 is 4.98. The highest BCUT2D eigenvalue weighted by atomic mass is 16.5. The number of carbonyl (C=O) groups is 1. The molecule has 0 fully saturated rings. The molecule has 0 bridgehead atoms. The number of esters is 1. The highest BCUT2D eigenvalue weighted by Crippen LogP contribution is 2.00. The van der Waals surface area contributed by atoms with Gasteiger partial charge in [0.1, 0.15) is 0 Å². The van der Waals surface area contributed by atoms with Gasteiger partial charge in [-0.15, -0.1) is 0 Å². The number of rotatable bonds is 5. The monoisotopic (exact) mass is 184 g/mol. The Bertz CT molecular complexity index is 169. The molecule has 13 heavy (non-hydrogen) atoms. The van der Waals surface area contributed by atoms with Crippen LogP contribution in [0.25, 0.3) is 0 Å². The van der Waals surface area contributed by atoms with Crippen LogP contribution in [0.2, 0.25) is 0 Å². The SMILES string of the molecule is CC(C)/C=C/C(=O)OCCC(C)C. The fourth-order valence-electron chi connectivity index (χ4n) is 0.714. The lowest BCUT2D eigenvalue weighted by atomic mass is 10.1. The molecule has 0 radical (unpaired) electrons. The smallest absolute Gasteiger partial charge is 0.330 e. The van der Waals surface area contributed by atoms with Crippen molar-refractivity contribution in [2.24, 2.45) is 11.8 Å². The summed E-state index contributed by atoms with van der Waals surface area (Å²) >= 11 is 0. The standard InChI is InChI=1S/C11H20O2/c1-9(2)5-6-11(12)13-8-7-10(3)4/h5-6,9-10H,7-8H2,1-4H3/b6-5+. The van der Waals surface area contributed by atoms with Gasteiger partial charge in [-0.25, -0.2) is 4.79 Å². The van der Waals surface area contributed by atoms with Crippen molar-refractivity contribution < 1.29 is 9.53 Å². The van der Waals surface area contributed by atoms with Crippen LogP contribution in [0, 0.1) is 11.8 Å². The van der Waals surface area contributed by atoms with E-state index in [1.165, 1.54) is 6.08 Å². The van der Waals surface area contributed by atoms with Crippen molar-refractivity contribution in [2.45, 2.75) is 34.1 Å². The van der Waals surface area contributed by atoms with Crippen molar-refractivity contribution in [3.63, 3.8) is 0 Å². The van der Waals surface area contributed by atoms with Gasteiger partial charge in [-0.3, -0.25) is 0 Å². The van der Waals surface area contributed by atoms with Gasteiger partial charge >= 0.3 is 5.97 Å². The molecule has 0 saturated carbocycles. The fourth-order valence-corrected chi connectivity index (χ4v) is 0.714. The molecule has 0 saturated heterocycles. The van der Waals surface area contributed by atoms with Crippen LogP contribution in [0.4, 0.5) is 0 Å². The molecule has 0 atom stereocenters. The zero-order valence-electron chi connectivity index (χ0n) is 9.04. The summed E-state index contributed by atoms with van der Waals surface area (Å²) in [4.78, 5) is 11.0. The molecular formula is C11H20O2. The summed E-state index contributed by atoms with van der Waals surface area (Å²) in [5.41, 5.74) is 0. The minimum atomic E-state index is -0.227. The third-order valence-electron chi connectivity index (χ3n) is 1.56. The maximum absolute atomic E-state index is 11.0. The van der Waals surface area contributed by atoms with Gasteiger partial charge in [0, 0.05) is 6.08 Å². The van der Waals surface area contributed by atoms with Gasteiger partial charge in [0.25, 0.3) is 0 Å².